The molecule has 1 amide bonds. The molecule has 3 heterocycles. The molecule has 5 N–H and O–H groups in total. The van der Waals surface area contributed by atoms with Crippen LogP contribution in [0, 0.1) is 28.6 Å². The molecule has 1 saturated heterocycles. The van der Waals surface area contributed by atoms with Crippen molar-refractivity contribution < 1.29 is 19.7 Å². The predicted octanol–water partition coefficient (Wildman–Crippen LogP) is 1.69. The summed E-state index contributed by atoms with van der Waals surface area (Å²) < 4.78 is 8.00. The number of likely N-dealkylation sites (N-methyl/N-ethyl adjacent to an activating group) is 1. The van der Waals surface area contributed by atoms with Crippen molar-refractivity contribution in [1.82, 2.24) is 24.8 Å². The van der Waals surface area contributed by atoms with E-state index < -0.39 is 23.5 Å². The number of ether oxygens (including phenoxy) is 1. The molecule has 4 atom stereocenters. The fourth-order valence-corrected chi connectivity index (χ4v) is 7.17. The topological polar surface area (TPSA) is 148 Å². The highest BCUT2D eigenvalue weighted by molar-refractivity contribution is 5.83. The third-order valence-corrected chi connectivity index (χ3v) is 7.69. The first-order chi connectivity index (χ1) is 16.8. The number of aliphatic hydroxyl groups excluding tert-OH is 1. The van der Waals surface area contributed by atoms with Crippen molar-refractivity contribution in [2.24, 2.45) is 16.7 Å². The number of rotatable bonds is 3. The van der Waals surface area contributed by atoms with Crippen LogP contribution in [0.3, 0.4) is 0 Å². The number of amides is 1. The van der Waals surface area contributed by atoms with Gasteiger partial charge in [0.25, 0.3) is 0 Å². The summed E-state index contributed by atoms with van der Waals surface area (Å²) in [6.07, 6.45) is 3.02. The molecular formula is C26H36N6O4. The molecule has 10 heteroatoms. The van der Waals surface area contributed by atoms with Crippen molar-refractivity contribution in [3.8, 4) is 11.8 Å². The Balaban J connectivity index is 1.51. The zero-order chi connectivity index (χ0) is 26.1. The normalized spacial score (nSPS) is 31.7. The number of aromatic nitrogens is 4. The van der Waals surface area contributed by atoms with Crippen LogP contribution in [0.5, 0.6) is 0 Å². The van der Waals surface area contributed by atoms with Crippen LogP contribution in [-0.4, -0.2) is 60.0 Å². The quantitative estimate of drug-likeness (QED) is 0.469. The van der Waals surface area contributed by atoms with Gasteiger partial charge in [0, 0.05) is 25.3 Å². The first-order valence-corrected chi connectivity index (χ1v) is 12.7. The van der Waals surface area contributed by atoms with Gasteiger partial charge in [0.1, 0.15) is 17.2 Å². The van der Waals surface area contributed by atoms with Gasteiger partial charge < -0.3 is 26.0 Å². The van der Waals surface area contributed by atoms with E-state index in [0.29, 0.717) is 43.4 Å². The lowest BCUT2D eigenvalue weighted by Crippen LogP contribution is -2.47. The first kappa shape index (κ1) is 24.9. The highest BCUT2D eigenvalue weighted by Gasteiger charge is 2.60. The Morgan fingerprint density at radius 3 is 2.58 bits per heavy atom. The molecule has 0 radical (unpaired) electrons. The molecule has 2 aromatic heterocycles. The highest BCUT2D eigenvalue weighted by atomic mass is 16.5. The molecule has 10 nitrogen and oxygen atoms in total. The van der Waals surface area contributed by atoms with Gasteiger partial charge in [-0.05, 0) is 42.9 Å². The maximum atomic E-state index is 12.6. The van der Waals surface area contributed by atoms with E-state index in [0.717, 1.165) is 6.42 Å². The minimum atomic E-state index is -1.16. The van der Waals surface area contributed by atoms with Gasteiger partial charge in [0.2, 0.25) is 11.7 Å². The van der Waals surface area contributed by atoms with Crippen LogP contribution >= 0.6 is 0 Å². The molecule has 3 aliphatic rings. The number of anilines is 1. The Bertz CT molecular complexity index is 1260. The van der Waals surface area contributed by atoms with E-state index in [-0.39, 0.29) is 34.3 Å². The van der Waals surface area contributed by atoms with Crippen molar-refractivity contribution in [3.05, 3.63) is 12.2 Å². The monoisotopic (exact) mass is 496 g/mol. The van der Waals surface area contributed by atoms with Crippen LogP contribution in [0.1, 0.15) is 72.5 Å². The average molecular weight is 497 g/mol. The predicted molar refractivity (Wildman–Crippen MR) is 133 cm³/mol. The summed E-state index contributed by atoms with van der Waals surface area (Å²) >= 11 is 0. The van der Waals surface area contributed by atoms with Gasteiger partial charge in [0.15, 0.2) is 17.2 Å². The van der Waals surface area contributed by atoms with Crippen LogP contribution in [-0.2, 0) is 15.3 Å². The Hall–Kier alpha value is -2.74. The number of nitrogens with zero attached hydrogens (tertiary/aromatic N) is 4. The number of nitrogens with one attached hydrogen (secondary N) is 1. The van der Waals surface area contributed by atoms with E-state index >= 15 is 0 Å². The maximum absolute atomic E-state index is 12.6. The van der Waals surface area contributed by atoms with Crippen molar-refractivity contribution in [1.29, 1.82) is 0 Å². The lowest BCUT2D eigenvalue weighted by Gasteiger charge is -2.47. The molecular weight excluding hydrogens is 460 g/mol. The fourth-order valence-electron chi connectivity index (χ4n) is 7.17. The van der Waals surface area contributed by atoms with Crippen molar-refractivity contribution in [3.63, 3.8) is 0 Å². The van der Waals surface area contributed by atoms with E-state index in [9.17, 15) is 15.0 Å². The van der Waals surface area contributed by atoms with Crippen LogP contribution in [0.25, 0.3) is 11.2 Å². The van der Waals surface area contributed by atoms with Crippen molar-refractivity contribution >= 4 is 22.9 Å². The highest BCUT2D eigenvalue weighted by Crippen LogP contribution is 2.52. The summed E-state index contributed by atoms with van der Waals surface area (Å²) in [5.41, 5.74) is 4.83. The maximum Gasteiger partial charge on any atom is 0.249 e. The molecule has 194 valence electrons. The average Bonchev–Trinajstić information content (AvgIpc) is 3.41. The second-order valence-electron chi connectivity index (χ2n) is 12.4. The van der Waals surface area contributed by atoms with Crippen LogP contribution < -0.4 is 11.1 Å². The first-order valence-electron chi connectivity index (χ1n) is 12.7. The van der Waals surface area contributed by atoms with E-state index in [1.54, 1.807) is 10.9 Å². The number of hydrogen-bond donors (Lipinski definition) is 4. The van der Waals surface area contributed by atoms with Gasteiger partial charge in [-0.2, -0.15) is 0 Å². The molecule has 3 fully saturated rings. The summed E-state index contributed by atoms with van der Waals surface area (Å²) in [6, 6.07) is 0. The summed E-state index contributed by atoms with van der Waals surface area (Å²) in [4.78, 5) is 25.9. The van der Waals surface area contributed by atoms with E-state index in [4.69, 9.17) is 10.5 Å². The zero-order valence-corrected chi connectivity index (χ0v) is 21.6. The van der Waals surface area contributed by atoms with E-state index in [1.807, 2.05) is 6.92 Å². The van der Waals surface area contributed by atoms with Crippen LogP contribution in [0.4, 0.5) is 5.82 Å². The Morgan fingerprint density at radius 1 is 1.22 bits per heavy atom. The van der Waals surface area contributed by atoms with Gasteiger partial charge in [-0.15, -0.1) is 0 Å². The number of nitrogen functional groups attached to an aromatic ring is 1. The van der Waals surface area contributed by atoms with Crippen LogP contribution in [0.15, 0.2) is 6.33 Å². The number of hydrogen-bond acceptors (Lipinski definition) is 8. The summed E-state index contributed by atoms with van der Waals surface area (Å²) in [6.45, 7) is 10.9. The zero-order valence-electron chi connectivity index (χ0n) is 21.6. The largest absolute Gasteiger partial charge is 0.393 e. The van der Waals surface area contributed by atoms with Gasteiger partial charge in [-0.25, -0.2) is 15.0 Å². The van der Waals surface area contributed by atoms with Gasteiger partial charge in [0.05, 0.1) is 12.4 Å². The second kappa shape index (κ2) is 8.13. The summed E-state index contributed by atoms with van der Waals surface area (Å²) in [7, 11) is 0. The Morgan fingerprint density at radius 2 is 1.92 bits per heavy atom. The van der Waals surface area contributed by atoms with Gasteiger partial charge >= 0.3 is 0 Å². The minimum Gasteiger partial charge on any atom is -0.393 e. The van der Waals surface area contributed by atoms with Gasteiger partial charge in [-0.1, -0.05) is 33.6 Å². The smallest absolute Gasteiger partial charge is 0.249 e. The molecule has 0 aromatic carbocycles. The third-order valence-electron chi connectivity index (χ3n) is 7.69. The van der Waals surface area contributed by atoms with Gasteiger partial charge in [-0.3, -0.25) is 9.36 Å². The van der Waals surface area contributed by atoms with Crippen molar-refractivity contribution in [2.45, 2.75) is 90.3 Å². The SMILES string of the molecule is CCNC(=O)[C@H]1OC2(n3cnc4c(N)nc(C#CC5(O)CC(C)(C)CC(C)(C)C5)nc43)CC(O)C1C2. The number of carbonyl (C=O) groups excluding carboxylic acids is 1. The molecule has 2 aromatic rings. The standard InChI is InChI=1S/C26H36N6O4/c1-6-28-22(34)19-15-9-26(36-19,10-16(15)33)32-14-29-18-20(27)30-17(31-21(18)32)7-8-25(35)12-23(2,3)11-24(4,5)13-25/h14-16,19,33,35H,6,9-13H2,1-5H3,(H,28,34)(H2,27,30,31)/t15?,16?,19-,26?/m0/s1. The number of aliphatic hydroxyl groups is 2. The molecule has 1 aliphatic heterocycles. The fraction of sp³-hybridized carbons (Fsp3) is 0.692. The number of imidazole rings is 1. The van der Waals surface area contributed by atoms with E-state index in [1.165, 1.54) is 0 Å². The lowest BCUT2D eigenvalue weighted by molar-refractivity contribution is -0.167. The summed E-state index contributed by atoms with van der Waals surface area (Å²) in [5, 5.41) is 24.8. The molecule has 0 spiro atoms. The molecule has 36 heavy (non-hydrogen) atoms. The van der Waals surface area contributed by atoms with Crippen molar-refractivity contribution in [2.75, 3.05) is 12.3 Å². The number of carbonyl (C=O) groups is 1. The lowest BCUT2D eigenvalue weighted by atomic mass is 9.60. The Kier molecular flexibility index (Phi) is 5.63. The van der Waals surface area contributed by atoms with E-state index in [2.05, 4.69) is 59.8 Å². The molecule has 5 rings (SSSR count). The molecule has 3 unspecified atom stereocenters. The number of fused-ring (bicyclic) bond motifs is 3. The third kappa shape index (κ3) is 4.23. The molecule has 2 saturated carbocycles. The number of nitrogens with two attached hydrogens (primary N) is 1. The minimum absolute atomic E-state index is 0.0485. The molecule has 2 aliphatic carbocycles. The summed E-state index contributed by atoms with van der Waals surface area (Å²) in [5.74, 6) is 5.81. The van der Waals surface area contributed by atoms with Crippen LogP contribution in [0.2, 0.25) is 0 Å². The molecule has 2 bridgehead atoms. The second-order valence-corrected chi connectivity index (χ2v) is 12.4. The Labute approximate surface area is 211 Å².